The summed E-state index contributed by atoms with van der Waals surface area (Å²) in [6, 6.07) is 0. The van der Waals surface area contributed by atoms with Crippen LogP contribution in [0.4, 0.5) is 0 Å². The van der Waals surface area contributed by atoms with E-state index in [1.165, 1.54) is 0 Å². The molecule has 4 unspecified atom stereocenters. The largest absolute Gasteiger partial charge is 0.481 e. The SMILES string of the molecule is CCCC1CSC2C(=CCC(=O)C2(C)N)C1C(=O)O. The number of hydrogen-bond donors (Lipinski definition) is 2. The highest BCUT2D eigenvalue weighted by Crippen LogP contribution is 2.46. The Kier molecular flexibility index (Phi) is 4.06. The molecule has 2 rings (SSSR count). The van der Waals surface area contributed by atoms with Crippen molar-refractivity contribution in [1.29, 1.82) is 0 Å². The number of allylic oxidation sites excluding steroid dienone is 1. The molecule has 19 heavy (non-hydrogen) atoms. The Morgan fingerprint density at radius 1 is 1.63 bits per heavy atom. The van der Waals surface area contributed by atoms with E-state index in [1.807, 2.05) is 6.08 Å². The normalized spacial score (nSPS) is 38.6. The number of ketones is 1. The van der Waals surface area contributed by atoms with E-state index in [0.29, 0.717) is 0 Å². The first-order valence-corrected chi connectivity index (χ1v) is 7.81. The van der Waals surface area contributed by atoms with Gasteiger partial charge in [-0.1, -0.05) is 19.4 Å². The number of carbonyl (C=O) groups excluding carboxylic acids is 1. The van der Waals surface area contributed by atoms with Gasteiger partial charge < -0.3 is 10.8 Å². The van der Waals surface area contributed by atoms with Crippen molar-refractivity contribution in [3.8, 4) is 0 Å². The molecule has 0 bridgehead atoms. The molecule has 4 atom stereocenters. The molecular weight excluding hydrogens is 262 g/mol. The van der Waals surface area contributed by atoms with Gasteiger partial charge in [0.25, 0.3) is 0 Å². The van der Waals surface area contributed by atoms with Crippen LogP contribution in [-0.4, -0.2) is 33.4 Å². The van der Waals surface area contributed by atoms with Crippen molar-refractivity contribution in [3.05, 3.63) is 11.6 Å². The quantitative estimate of drug-likeness (QED) is 0.772. The van der Waals surface area contributed by atoms with E-state index in [4.69, 9.17) is 5.73 Å². The summed E-state index contributed by atoms with van der Waals surface area (Å²) in [5.74, 6) is -0.319. The van der Waals surface area contributed by atoms with Gasteiger partial charge in [0.2, 0.25) is 0 Å². The molecule has 0 aromatic carbocycles. The summed E-state index contributed by atoms with van der Waals surface area (Å²) in [6.45, 7) is 3.81. The third kappa shape index (κ3) is 2.46. The highest BCUT2D eigenvalue weighted by molar-refractivity contribution is 8.00. The summed E-state index contributed by atoms with van der Waals surface area (Å²) in [6.07, 6.45) is 3.96. The van der Waals surface area contributed by atoms with E-state index in [1.54, 1.807) is 18.7 Å². The lowest BCUT2D eigenvalue weighted by Gasteiger charge is -2.45. The van der Waals surface area contributed by atoms with E-state index >= 15 is 0 Å². The van der Waals surface area contributed by atoms with E-state index < -0.39 is 17.4 Å². The first-order chi connectivity index (χ1) is 8.89. The Morgan fingerprint density at radius 2 is 2.32 bits per heavy atom. The van der Waals surface area contributed by atoms with Gasteiger partial charge in [0.05, 0.1) is 16.7 Å². The van der Waals surface area contributed by atoms with Crippen molar-refractivity contribution in [1.82, 2.24) is 0 Å². The summed E-state index contributed by atoms with van der Waals surface area (Å²) >= 11 is 1.65. The molecule has 0 spiro atoms. The lowest BCUT2D eigenvalue weighted by atomic mass is 9.73. The van der Waals surface area contributed by atoms with Crippen LogP contribution in [-0.2, 0) is 9.59 Å². The standard InChI is InChI=1S/C14H21NO3S/c1-3-4-8-7-19-12-9(11(8)13(17)18)5-6-10(16)14(12,2)15/h5,8,11-12H,3-4,6-7,15H2,1-2H3,(H,17,18). The van der Waals surface area contributed by atoms with Crippen LogP contribution >= 0.6 is 11.8 Å². The van der Waals surface area contributed by atoms with Crippen LogP contribution < -0.4 is 5.73 Å². The molecule has 1 heterocycles. The average Bonchev–Trinajstić information content (AvgIpc) is 2.34. The highest BCUT2D eigenvalue weighted by Gasteiger charge is 2.49. The number of carbonyl (C=O) groups is 2. The number of thioether (sulfide) groups is 1. The van der Waals surface area contributed by atoms with Gasteiger partial charge in [-0.2, -0.15) is 11.8 Å². The molecule has 1 aliphatic heterocycles. The summed E-state index contributed by atoms with van der Waals surface area (Å²) in [5, 5.41) is 9.36. The maximum Gasteiger partial charge on any atom is 0.310 e. The minimum atomic E-state index is -0.931. The van der Waals surface area contributed by atoms with Gasteiger partial charge in [0.15, 0.2) is 5.78 Å². The average molecular weight is 283 g/mol. The second-order valence-corrected chi connectivity index (χ2v) is 6.83. The van der Waals surface area contributed by atoms with Crippen LogP contribution in [0.2, 0.25) is 0 Å². The van der Waals surface area contributed by atoms with Crippen LogP contribution in [0, 0.1) is 11.8 Å². The van der Waals surface area contributed by atoms with Crippen LogP contribution in [0.25, 0.3) is 0 Å². The molecule has 1 aliphatic carbocycles. The van der Waals surface area contributed by atoms with Gasteiger partial charge >= 0.3 is 5.97 Å². The maximum absolute atomic E-state index is 11.9. The molecule has 106 valence electrons. The number of carboxylic acid groups (broad SMARTS) is 1. The van der Waals surface area contributed by atoms with Gasteiger partial charge in [0.1, 0.15) is 0 Å². The minimum absolute atomic E-state index is 0.00632. The fraction of sp³-hybridized carbons (Fsp3) is 0.714. The minimum Gasteiger partial charge on any atom is -0.481 e. The van der Waals surface area contributed by atoms with Gasteiger partial charge in [0, 0.05) is 6.42 Å². The first kappa shape index (κ1) is 14.6. The third-order valence-electron chi connectivity index (χ3n) is 4.20. The number of Topliss-reactive ketones (excluding diaryl/α,β-unsaturated/α-hetero) is 1. The maximum atomic E-state index is 11.9. The van der Waals surface area contributed by atoms with Gasteiger partial charge in [-0.05, 0) is 30.6 Å². The number of rotatable bonds is 3. The molecule has 5 heteroatoms. The molecule has 2 aliphatic rings. The zero-order valence-corrected chi connectivity index (χ0v) is 12.2. The smallest absolute Gasteiger partial charge is 0.310 e. The second-order valence-electron chi connectivity index (χ2n) is 5.69. The Bertz CT molecular complexity index is 430. The van der Waals surface area contributed by atoms with Gasteiger partial charge in [-0.25, -0.2) is 0 Å². The van der Waals surface area contributed by atoms with Crippen molar-refractivity contribution in [2.75, 3.05) is 5.75 Å². The molecule has 1 saturated heterocycles. The molecule has 1 fully saturated rings. The van der Waals surface area contributed by atoms with Gasteiger partial charge in [-0.15, -0.1) is 0 Å². The van der Waals surface area contributed by atoms with Crippen LogP contribution in [0.5, 0.6) is 0 Å². The van der Waals surface area contributed by atoms with Crippen molar-refractivity contribution >= 4 is 23.5 Å². The Labute approximate surface area is 117 Å². The molecule has 0 amide bonds. The zero-order chi connectivity index (χ0) is 14.2. The molecule has 4 nitrogen and oxygen atoms in total. The number of hydrogen-bond acceptors (Lipinski definition) is 4. The van der Waals surface area contributed by atoms with Crippen LogP contribution in [0.1, 0.15) is 33.1 Å². The van der Waals surface area contributed by atoms with Crippen molar-refractivity contribution in [3.63, 3.8) is 0 Å². The lowest BCUT2D eigenvalue weighted by molar-refractivity contribution is -0.142. The molecule has 0 aromatic heterocycles. The fourth-order valence-corrected chi connectivity index (χ4v) is 4.85. The zero-order valence-electron chi connectivity index (χ0n) is 11.4. The third-order valence-corrected chi connectivity index (χ3v) is 5.92. The van der Waals surface area contributed by atoms with Crippen LogP contribution in [0.3, 0.4) is 0 Å². The van der Waals surface area contributed by atoms with E-state index in [-0.39, 0.29) is 23.4 Å². The van der Waals surface area contributed by atoms with E-state index in [9.17, 15) is 14.7 Å². The molecule has 0 saturated carbocycles. The Balaban J connectivity index is 2.36. The first-order valence-electron chi connectivity index (χ1n) is 6.76. The summed E-state index contributed by atoms with van der Waals surface area (Å²) < 4.78 is 0. The van der Waals surface area contributed by atoms with Crippen molar-refractivity contribution in [2.24, 2.45) is 17.6 Å². The molecular formula is C14H21NO3S. The Hall–Kier alpha value is -0.810. The number of fused-ring (bicyclic) bond motifs is 1. The predicted molar refractivity (Wildman–Crippen MR) is 76.1 cm³/mol. The topological polar surface area (TPSA) is 80.4 Å². The second kappa shape index (κ2) is 5.29. The summed E-state index contributed by atoms with van der Waals surface area (Å²) in [7, 11) is 0. The predicted octanol–water partition coefficient (Wildman–Crippen LogP) is 1.84. The molecule has 0 aromatic rings. The monoisotopic (exact) mass is 283 g/mol. The molecule has 3 N–H and O–H groups in total. The van der Waals surface area contributed by atoms with Gasteiger partial charge in [-0.3, -0.25) is 9.59 Å². The number of carboxylic acids is 1. The van der Waals surface area contributed by atoms with Crippen molar-refractivity contribution in [2.45, 2.75) is 43.9 Å². The number of nitrogens with two attached hydrogens (primary N) is 1. The van der Waals surface area contributed by atoms with Crippen molar-refractivity contribution < 1.29 is 14.7 Å². The molecule has 0 radical (unpaired) electrons. The number of aliphatic carboxylic acids is 1. The lowest BCUT2D eigenvalue weighted by Crippen LogP contribution is -2.59. The highest BCUT2D eigenvalue weighted by atomic mass is 32.2. The Morgan fingerprint density at radius 3 is 2.89 bits per heavy atom. The fourth-order valence-electron chi connectivity index (χ4n) is 3.14. The van der Waals surface area contributed by atoms with E-state index in [0.717, 1.165) is 24.2 Å². The summed E-state index contributed by atoms with van der Waals surface area (Å²) in [4.78, 5) is 23.5. The van der Waals surface area contributed by atoms with E-state index in [2.05, 4.69) is 6.92 Å². The summed E-state index contributed by atoms with van der Waals surface area (Å²) in [5.41, 5.74) is 6.09. The van der Waals surface area contributed by atoms with Crippen LogP contribution in [0.15, 0.2) is 11.6 Å².